The third-order valence-corrected chi connectivity index (χ3v) is 8.12. The molecule has 1 aromatic heterocycles. The number of rotatable bonds is 17. The van der Waals surface area contributed by atoms with E-state index in [4.69, 9.17) is 5.73 Å². The molecule has 2 aromatic carbocycles. The number of nitrogens with one attached hydrogen (secondary N) is 4. The van der Waals surface area contributed by atoms with Crippen molar-refractivity contribution in [2.24, 2.45) is 5.73 Å². The Morgan fingerprint density at radius 1 is 0.786 bits per heavy atom. The van der Waals surface area contributed by atoms with Gasteiger partial charge in [-0.3, -0.25) is 14.4 Å². The van der Waals surface area contributed by atoms with Gasteiger partial charge in [0, 0.05) is 23.5 Å². The highest BCUT2D eigenvalue weighted by Crippen LogP contribution is 2.19. The molecule has 0 saturated heterocycles. The number of carbonyl (C=O) groups is 4. The molecule has 0 aliphatic rings. The monoisotopic (exact) mass is 613 g/mol. The van der Waals surface area contributed by atoms with E-state index in [1.165, 1.54) is 23.5 Å². The Balaban J connectivity index is 1.73. The molecule has 0 bridgehead atoms. The smallest absolute Gasteiger partial charge is 0.326 e. The number of aromatic amines is 1. The Bertz CT molecular complexity index is 1340. The molecule has 4 unspecified atom stereocenters. The largest absolute Gasteiger partial charge is 0.480 e. The normalized spacial score (nSPS) is 14.0. The standard InChI is InChI=1S/C30H39N5O5S2/c1-41-14-12-24(33-27(36)22(31)17-20-18-32-23-11-7-6-10-21(20)23)28(37)35-26(16-19-8-4-3-5-9-19)29(38)34-25(30(39)40)13-15-42-2/h3-11,18,22,24-26,32H,12-17,31H2,1-2H3,(H,33,36)(H,34,38)(H,35,37)(H,39,40). The Morgan fingerprint density at radius 2 is 1.36 bits per heavy atom. The van der Waals surface area contributed by atoms with Crippen molar-refractivity contribution in [1.82, 2.24) is 20.9 Å². The molecule has 4 atom stereocenters. The molecule has 42 heavy (non-hydrogen) atoms. The summed E-state index contributed by atoms with van der Waals surface area (Å²) in [6.07, 6.45) is 6.57. The van der Waals surface area contributed by atoms with Crippen LogP contribution >= 0.6 is 23.5 Å². The van der Waals surface area contributed by atoms with Crippen molar-refractivity contribution < 1.29 is 24.3 Å². The van der Waals surface area contributed by atoms with Crippen molar-refractivity contribution in [2.45, 2.75) is 49.9 Å². The molecule has 7 N–H and O–H groups in total. The lowest BCUT2D eigenvalue weighted by atomic mass is 10.0. The number of thioether (sulfide) groups is 2. The van der Waals surface area contributed by atoms with E-state index in [0.29, 0.717) is 17.9 Å². The number of nitrogens with two attached hydrogens (primary N) is 1. The molecule has 0 fully saturated rings. The minimum atomic E-state index is -1.14. The number of aliphatic carboxylic acids is 1. The van der Waals surface area contributed by atoms with Crippen LogP contribution in [0.5, 0.6) is 0 Å². The number of H-pyrrole nitrogens is 1. The molecular formula is C30H39N5O5S2. The summed E-state index contributed by atoms with van der Waals surface area (Å²) in [5.74, 6) is -1.63. The highest BCUT2D eigenvalue weighted by Gasteiger charge is 2.30. The summed E-state index contributed by atoms with van der Waals surface area (Å²) in [6, 6.07) is 12.9. The number of fused-ring (bicyclic) bond motifs is 1. The van der Waals surface area contributed by atoms with E-state index in [2.05, 4.69) is 20.9 Å². The van der Waals surface area contributed by atoms with Crippen molar-refractivity contribution in [3.63, 3.8) is 0 Å². The summed E-state index contributed by atoms with van der Waals surface area (Å²) in [6.45, 7) is 0. The molecule has 3 amide bonds. The summed E-state index contributed by atoms with van der Waals surface area (Å²) in [4.78, 5) is 54.9. The van der Waals surface area contributed by atoms with E-state index in [1.54, 1.807) is 0 Å². The van der Waals surface area contributed by atoms with E-state index < -0.39 is 47.9 Å². The fraction of sp³-hybridized carbons (Fsp3) is 0.400. The van der Waals surface area contributed by atoms with Gasteiger partial charge < -0.3 is 31.8 Å². The van der Waals surface area contributed by atoms with Crippen LogP contribution in [0.3, 0.4) is 0 Å². The van der Waals surface area contributed by atoms with Gasteiger partial charge in [-0.1, -0.05) is 48.5 Å². The van der Waals surface area contributed by atoms with Gasteiger partial charge in [-0.2, -0.15) is 23.5 Å². The number of amides is 3. The van der Waals surface area contributed by atoms with Crippen LogP contribution in [0, 0.1) is 0 Å². The van der Waals surface area contributed by atoms with Crippen LogP contribution in [0.4, 0.5) is 0 Å². The average molecular weight is 614 g/mol. The average Bonchev–Trinajstić information content (AvgIpc) is 3.39. The summed E-state index contributed by atoms with van der Waals surface area (Å²) >= 11 is 3.00. The Hall–Kier alpha value is -3.48. The van der Waals surface area contributed by atoms with Gasteiger partial charge in [0.25, 0.3) is 0 Å². The van der Waals surface area contributed by atoms with Crippen molar-refractivity contribution in [3.8, 4) is 0 Å². The molecular weight excluding hydrogens is 574 g/mol. The van der Waals surface area contributed by atoms with Gasteiger partial charge in [-0.15, -0.1) is 0 Å². The maximum Gasteiger partial charge on any atom is 0.326 e. The lowest BCUT2D eigenvalue weighted by molar-refractivity contribution is -0.142. The fourth-order valence-corrected chi connectivity index (χ4v) is 5.45. The Morgan fingerprint density at radius 3 is 2.02 bits per heavy atom. The first-order valence-electron chi connectivity index (χ1n) is 13.7. The number of carboxylic acids is 1. The fourth-order valence-electron chi connectivity index (χ4n) is 4.51. The predicted octanol–water partition coefficient (Wildman–Crippen LogP) is 2.33. The zero-order valence-electron chi connectivity index (χ0n) is 23.8. The van der Waals surface area contributed by atoms with E-state index in [-0.39, 0.29) is 19.3 Å². The minimum absolute atomic E-state index is 0.149. The first-order chi connectivity index (χ1) is 20.2. The number of carboxylic acid groups (broad SMARTS) is 1. The lowest BCUT2D eigenvalue weighted by Gasteiger charge is -2.25. The molecule has 0 saturated carbocycles. The Labute approximate surface area is 254 Å². The summed E-state index contributed by atoms with van der Waals surface area (Å²) in [5, 5.41) is 18.7. The van der Waals surface area contributed by atoms with E-state index in [1.807, 2.05) is 73.3 Å². The van der Waals surface area contributed by atoms with Crippen molar-refractivity contribution >= 4 is 58.1 Å². The molecule has 1 heterocycles. The molecule has 3 rings (SSSR count). The van der Waals surface area contributed by atoms with E-state index >= 15 is 0 Å². The lowest BCUT2D eigenvalue weighted by Crippen LogP contribution is -2.58. The molecule has 226 valence electrons. The highest BCUT2D eigenvalue weighted by molar-refractivity contribution is 7.98. The molecule has 0 spiro atoms. The second-order valence-corrected chi connectivity index (χ2v) is 11.9. The number of hydrogen-bond donors (Lipinski definition) is 6. The third-order valence-electron chi connectivity index (χ3n) is 6.84. The van der Waals surface area contributed by atoms with Crippen LogP contribution in [0.2, 0.25) is 0 Å². The summed E-state index contributed by atoms with van der Waals surface area (Å²) in [7, 11) is 0. The summed E-state index contributed by atoms with van der Waals surface area (Å²) in [5.41, 5.74) is 8.90. The van der Waals surface area contributed by atoms with Crippen LogP contribution in [-0.2, 0) is 32.0 Å². The van der Waals surface area contributed by atoms with Gasteiger partial charge in [-0.25, -0.2) is 4.79 Å². The van der Waals surface area contributed by atoms with Gasteiger partial charge in [0.15, 0.2) is 0 Å². The quantitative estimate of drug-likeness (QED) is 0.135. The van der Waals surface area contributed by atoms with Crippen LogP contribution in [-0.4, -0.2) is 82.0 Å². The topological polar surface area (TPSA) is 166 Å². The third kappa shape index (κ3) is 9.81. The van der Waals surface area contributed by atoms with Crippen molar-refractivity contribution in [1.29, 1.82) is 0 Å². The molecule has 12 heteroatoms. The number of benzene rings is 2. The number of para-hydroxylation sites is 1. The predicted molar refractivity (Wildman–Crippen MR) is 170 cm³/mol. The number of carbonyl (C=O) groups excluding carboxylic acids is 3. The maximum absolute atomic E-state index is 13.5. The first kappa shape index (κ1) is 33.0. The second kappa shape index (κ2) is 16.8. The van der Waals surface area contributed by atoms with Crippen LogP contribution in [0.1, 0.15) is 24.0 Å². The molecule has 3 aromatic rings. The number of hydrogen-bond acceptors (Lipinski definition) is 7. The molecule has 0 radical (unpaired) electrons. The SMILES string of the molecule is CSCCC(NC(=O)C(Cc1ccccc1)NC(=O)C(CCSC)NC(=O)C(N)Cc1c[nH]c2ccccc12)C(=O)O. The van der Waals surface area contributed by atoms with Gasteiger partial charge in [0.2, 0.25) is 17.7 Å². The van der Waals surface area contributed by atoms with Gasteiger partial charge >= 0.3 is 5.97 Å². The first-order valence-corrected chi connectivity index (χ1v) is 16.5. The minimum Gasteiger partial charge on any atom is -0.480 e. The Kier molecular flexibility index (Phi) is 13.2. The molecule has 0 aliphatic heterocycles. The van der Waals surface area contributed by atoms with Crippen molar-refractivity contribution in [2.75, 3.05) is 24.0 Å². The number of aromatic nitrogens is 1. The van der Waals surface area contributed by atoms with Gasteiger partial charge in [-0.05, 0) is 60.5 Å². The second-order valence-electron chi connectivity index (χ2n) is 9.94. The molecule has 10 nitrogen and oxygen atoms in total. The summed E-state index contributed by atoms with van der Waals surface area (Å²) < 4.78 is 0. The van der Waals surface area contributed by atoms with Crippen LogP contribution in [0.25, 0.3) is 10.9 Å². The highest BCUT2D eigenvalue weighted by atomic mass is 32.2. The van der Waals surface area contributed by atoms with Gasteiger partial charge in [0.05, 0.1) is 6.04 Å². The van der Waals surface area contributed by atoms with Crippen LogP contribution in [0.15, 0.2) is 60.8 Å². The zero-order valence-corrected chi connectivity index (χ0v) is 25.4. The van der Waals surface area contributed by atoms with Gasteiger partial charge in [0.1, 0.15) is 18.1 Å². The van der Waals surface area contributed by atoms with Crippen LogP contribution < -0.4 is 21.7 Å². The van der Waals surface area contributed by atoms with E-state index in [9.17, 15) is 24.3 Å². The maximum atomic E-state index is 13.5. The molecule has 0 aliphatic carbocycles. The van der Waals surface area contributed by atoms with Crippen molar-refractivity contribution in [3.05, 3.63) is 71.9 Å². The van der Waals surface area contributed by atoms with E-state index in [0.717, 1.165) is 22.0 Å². The zero-order chi connectivity index (χ0) is 30.5.